The zero-order chi connectivity index (χ0) is 12.1. The zero-order valence-corrected chi connectivity index (χ0v) is 9.71. The highest BCUT2D eigenvalue weighted by atomic mass is 16.5. The molecule has 0 aromatic heterocycles. The van der Waals surface area contributed by atoms with Crippen LogP contribution in [0.1, 0.15) is 24.8 Å². The molecule has 4 nitrogen and oxygen atoms in total. The molecule has 92 valence electrons. The van der Waals surface area contributed by atoms with Crippen molar-refractivity contribution in [3.63, 3.8) is 0 Å². The third-order valence-electron chi connectivity index (χ3n) is 2.98. The fourth-order valence-electron chi connectivity index (χ4n) is 2.06. The third-order valence-corrected chi connectivity index (χ3v) is 2.98. The molecule has 1 heterocycles. The van der Waals surface area contributed by atoms with Gasteiger partial charge in [0.25, 0.3) is 0 Å². The van der Waals surface area contributed by atoms with E-state index in [1.165, 1.54) is 4.90 Å². The van der Waals surface area contributed by atoms with Crippen molar-refractivity contribution in [3.05, 3.63) is 35.9 Å². The second-order valence-electron chi connectivity index (χ2n) is 4.22. The van der Waals surface area contributed by atoms with Gasteiger partial charge in [-0.3, -0.25) is 4.90 Å². The quantitative estimate of drug-likeness (QED) is 0.876. The van der Waals surface area contributed by atoms with Crippen LogP contribution >= 0.6 is 0 Å². The highest BCUT2D eigenvalue weighted by Crippen LogP contribution is 2.19. The summed E-state index contributed by atoms with van der Waals surface area (Å²) in [5.74, 6) is 0. The molecule has 1 aliphatic heterocycles. The lowest BCUT2D eigenvalue weighted by molar-refractivity contribution is -0.0745. The van der Waals surface area contributed by atoms with Crippen LogP contribution in [0.2, 0.25) is 0 Å². The average molecular weight is 235 g/mol. The summed E-state index contributed by atoms with van der Waals surface area (Å²) < 4.78 is 5.69. The number of carbonyl (C=O) groups is 1. The van der Waals surface area contributed by atoms with E-state index in [-0.39, 0.29) is 6.23 Å². The van der Waals surface area contributed by atoms with E-state index < -0.39 is 6.09 Å². The molecule has 4 heteroatoms. The maximum Gasteiger partial charge on any atom is 0.409 e. The summed E-state index contributed by atoms with van der Waals surface area (Å²) in [7, 11) is 0. The lowest BCUT2D eigenvalue weighted by Crippen LogP contribution is -2.44. The molecular formula is C13H17NO3. The molecular weight excluding hydrogens is 218 g/mol. The van der Waals surface area contributed by atoms with Crippen molar-refractivity contribution in [2.45, 2.75) is 32.1 Å². The third kappa shape index (κ3) is 3.20. The lowest BCUT2D eigenvalue weighted by atomic mass is 10.1. The Kier molecular flexibility index (Phi) is 3.98. The Hall–Kier alpha value is -1.55. The van der Waals surface area contributed by atoms with Crippen molar-refractivity contribution in [1.82, 2.24) is 4.90 Å². The van der Waals surface area contributed by atoms with Crippen LogP contribution in [0.5, 0.6) is 0 Å². The van der Waals surface area contributed by atoms with Crippen molar-refractivity contribution in [3.8, 4) is 0 Å². The van der Waals surface area contributed by atoms with E-state index in [4.69, 9.17) is 9.84 Å². The fraction of sp³-hybridized carbons (Fsp3) is 0.462. The van der Waals surface area contributed by atoms with E-state index >= 15 is 0 Å². The van der Waals surface area contributed by atoms with Gasteiger partial charge in [0, 0.05) is 6.54 Å². The maximum atomic E-state index is 11.0. The van der Waals surface area contributed by atoms with Crippen LogP contribution in [0.25, 0.3) is 0 Å². The first kappa shape index (κ1) is 11.9. The monoisotopic (exact) mass is 235 g/mol. The van der Waals surface area contributed by atoms with Crippen molar-refractivity contribution < 1.29 is 14.6 Å². The maximum absolute atomic E-state index is 11.0. The lowest BCUT2D eigenvalue weighted by Gasteiger charge is -2.33. The number of ether oxygens (including phenoxy) is 1. The van der Waals surface area contributed by atoms with E-state index in [1.807, 2.05) is 30.3 Å². The normalized spacial score (nSPS) is 20.2. The summed E-state index contributed by atoms with van der Waals surface area (Å²) in [5.41, 5.74) is 1.07. The summed E-state index contributed by atoms with van der Waals surface area (Å²) in [6.07, 6.45) is 1.57. The summed E-state index contributed by atoms with van der Waals surface area (Å²) in [6.45, 7) is 1.05. The number of piperidine rings is 1. The highest BCUT2D eigenvalue weighted by molar-refractivity contribution is 5.65. The van der Waals surface area contributed by atoms with Crippen molar-refractivity contribution in [1.29, 1.82) is 0 Å². The van der Waals surface area contributed by atoms with Gasteiger partial charge < -0.3 is 9.84 Å². The second kappa shape index (κ2) is 5.68. The van der Waals surface area contributed by atoms with Crippen molar-refractivity contribution in [2.75, 3.05) is 6.54 Å². The zero-order valence-electron chi connectivity index (χ0n) is 9.71. The Balaban J connectivity index is 1.90. The van der Waals surface area contributed by atoms with E-state index in [0.717, 1.165) is 24.8 Å². The number of hydrogen-bond donors (Lipinski definition) is 1. The van der Waals surface area contributed by atoms with E-state index in [9.17, 15) is 4.79 Å². The Morgan fingerprint density at radius 3 is 2.82 bits per heavy atom. The van der Waals surface area contributed by atoms with E-state index in [0.29, 0.717) is 13.2 Å². The first-order valence-electron chi connectivity index (χ1n) is 5.92. The SMILES string of the molecule is O=C(O)N1CCCCC1OCc1ccccc1. The van der Waals surface area contributed by atoms with Crippen LogP contribution in [0.3, 0.4) is 0 Å². The standard InChI is InChI=1S/C13H17NO3/c15-13(16)14-9-5-4-8-12(14)17-10-11-6-2-1-3-7-11/h1-3,6-7,12H,4-5,8-10H2,(H,15,16). The van der Waals surface area contributed by atoms with Gasteiger partial charge in [-0.2, -0.15) is 0 Å². The summed E-state index contributed by atoms with van der Waals surface area (Å²) in [4.78, 5) is 12.4. The molecule has 1 aliphatic rings. The molecule has 1 N–H and O–H groups in total. The Morgan fingerprint density at radius 2 is 2.12 bits per heavy atom. The second-order valence-corrected chi connectivity index (χ2v) is 4.22. The van der Waals surface area contributed by atoms with Gasteiger partial charge in [-0.05, 0) is 24.8 Å². The Morgan fingerprint density at radius 1 is 1.35 bits per heavy atom. The van der Waals surface area contributed by atoms with Gasteiger partial charge in [0.15, 0.2) is 0 Å². The number of benzene rings is 1. The first-order chi connectivity index (χ1) is 8.27. The van der Waals surface area contributed by atoms with Gasteiger partial charge in [-0.15, -0.1) is 0 Å². The molecule has 1 atom stereocenters. The molecule has 0 bridgehead atoms. The molecule has 1 fully saturated rings. The topological polar surface area (TPSA) is 49.8 Å². The van der Waals surface area contributed by atoms with Crippen LogP contribution in [-0.4, -0.2) is 28.9 Å². The van der Waals surface area contributed by atoms with Crippen LogP contribution in [0.4, 0.5) is 4.79 Å². The molecule has 0 saturated carbocycles. The number of rotatable bonds is 3. The van der Waals surface area contributed by atoms with Gasteiger partial charge in [0.05, 0.1) is 6.61 Å². The molecule has 17 heavy (non-hydrogen) atoms. The number of carboxylic acid groups (broad SMARTS) is 1. The molecule has 1 unspecified atom stereocenters. The van der Waals surface area contributed by atoms with Crippen molar-refractivity contribution >= 4 is 6.09 Å². The highest BCUT2D eigenvalue weighted by Gasteiger charge is 2.26. The fourth-order valence-corrected chi connectivity index (χ4v) is 2.06. The summed E-state index contributed by atoms with van der Waals surface area (Å²) >= 11 is 0. The number of hydrogen-bond acceptors (Lipinski definition) is 2. The molecule has 0 spiro atoms. The molecule has 2 rings (SSSR count). The van der Waals surface area contributed by atoms with Gasteiger partial charge >= 0.3 is 6.09 Å². The predicted octanol–water partition coefficient (Wildman–Crippen LogP) is 2.69. The van der Waals surface area contributed by atoms with Gasteiger partial charge in [0.1, 0.15) is 6.23 Å². The summed E-state index contributed by atoms with van der Waals surface area (Å²) in [6, 6.07) is 9.82. The van der Waals surface area contributed by atoms with E-state index in [1.54, 1.807) is 0 Å². The van der Waals surface area contributed by atoms with Gasteiger partial charge in [0.2, 0.25) is 0 Å². The van der Waals surface area contributed by atoms with Crippen LogP contribution < -0.4 is 0 Å². The molecule has 1 aromatic rings. The minimum Gasteiger partial charge on any atom is -0.465 e. The predicted molar refractivity (Wildman–Crippen MR) is 63.6 cm³/mol. The van der Waals surface area contributed by atoms with Gasteiger partial charge in [-0.1, -0.05) is 30.3 Å². The van der Waals surface area contributed by atoms with Crippen LogP contribution in [0, 0.1) is 0 Å². The first-order valence-corrected chi connectivity index (χ1v) is 5.92. The molecule has 0 radical (unpaired) electrons. The minimum atomic E-state index is -0.886. The largest absolute Gasteiger partial charge is 0.465 e. The molecule has 1 saturated heterocycles. The average Bonchev–Trinajstić information content (AvgIpc) is 2.38. The van der Waals surface area contributed by atoms with Crippen LogP contribution in [0.15, 0.2) is 30.3 Å². The number of likely N-dealkylation sites (tertiary alicyclic amines) is 1. The Bertz CT molecular complexity index is 366. The minimum absolute atomic E-state index is 0.290. The smallest absolute Gasteiger partial charge is 0.409 e. The number of nitrogens with zero attached hydrogens (tertiary/aromatic N) is 1. The summed E-state index contributed by atoms with van der Waals surface area (Å²) in [5, 5.41) is 9.05. The van der Waals surface area contributed by atoms with Crippen LogP contribution in [-0.2, 0) is 11.3 Å². The van der Waals surface area contributed by atoms with Crippen molar-refractivity contribution in [2.24, 2.45) is 0 Å². The number of amides is 1. The van der Waals surface area contributed by atoms with E-state index in [2.05, 4.69) is 0 Å². The van der Waals surface area contributed by atoms with Gasteiger partial charge in [-0.25, -0.2) is 4.79 Å². The Labute approximate surface area is 101 Å². The molecule has 0 aliphatic carbocycles. The molecule has 1 amide bonds. The molecule has 1 aromatic carbocycles.